The molecule has 1 aromatic rings. The van der Waals surface area contributed by atoms with Gasteiger partial charge in [-0.15, -0.1) is 0 Å². The molecule has 3 heteroatoms. The maximum Gasteiger partial charge on any atom is 0.226 e. The number of rotatable bonds is 4. The van der Waals surface area contributed by atoms with E-state index in [4.69, 9.17) is 5.73 Å². The molecular weight excluding hydrogens is 260 g/mol. The van der Waals surface area contributed by atoms with E-state index in [9.17, 15) is 4.79 Å². The zero-order chi connectivity index (χ0) is 15.4. The summed E-state index contributed by atoms with van der Waals surface area (Å²) in [5, 5.41) is 0. The Morgan fingerprint density at radius 3 is 2.52 bits per heavy atom. The van der Waals surface area contributed by atoms with Crippen LogP contribution in [-0.2, 0) is 11.3 Å². The lowest BCUT2D eigenvalue weighted by molar-refractivity contribution is -0.139. The van der Waals surface area contributed by atoms with Gasteiger partial charge in [-0.05, 0) is 63.1 Å². The second-order valence-corrected chi connectivity index (χ2v) is 6.76. The van der Waals surface area contributed by atoms with Crippen LogP contribution in [-0.4, -0.2) is 16.8 Å². The lowest BCUT2D eigenvalue weighted by Gasteiger charge is -2.33. The predicted molar refractivity (Wildman–Crippen MR) is 87.7 cm³/mol. The molecule has 1 saturated carbocycles. The van der Waals surface area contributed by atoms with Gasteiger partial charge in [0.05, 0.1) is 0 Å². The molecule has 2 N–H and O–H groups in total. The first-order valence-corrected chi connectivity index (χ1v) is 8.12. The molecule has 0 aromatic heterocycles. The second-order valence-electron chi connectivity index (χ2n) is 6.76. The van der Waals surface area contributed by atoms with Gasteiger partial charge in [0.15, 0.2) is 0 Å². The predicted octanol–water partition coefficient (Wildman–Crippen LogP) is 3.83. The highest BCUT2D eigenvalue weighted by Gasteiger charge is 2.29. The van der Waals surface area contributed by atoms with E-state index >= 15 is 0 Å². The molecule has 21 heavy (non-hydrogen) atoms. The molecule has 0 bridgehead atoms. The lowest BCUT2D eigenvalue weighted by atomic mass is 9.82. The van der Waals surface area contributed by atoms with Crippen molar-refractivity contribution >= 4 is 11.6 Å². The summed E-state index contributed by atoms with van der Waals surface area (Å²) in [6.45, 7) is 7.13. The van der Waals surface area contributed by atoms with Crippen LogP contribution in [0.3, 0.4) is 0 Å². The van der Waals surface area contributed by atoms with E-state index in [1.54, 1.807) is 0 Å². The summed E-state index contributed by atoms with van der Waals surface area (Å²) in [6.07, 6.45) is 4.45. The van der Waals surface area contributed by atoms with Crippen molar-refractivity contribution in [3.63, 3.8) is 0 Å². The standard InChI is InChI=1S/C18H28N2O/c1-13(2)20(12-15-5-4-6-17(19)11-15)18(21)16-9-7-14(3)8-10-16/h4-6,11,13-14,16H,7-10,12,19H2,1-3H3. The van der Waals surface area contributed by atoms with Gasteiger partial charge in [0.25, 0.3) is 0 Å². The number of carbonyl (C=O) groups is 1. The monoisotopic (exact) mass is 288 g/mol. The third-order valence-corrected chi connectivity index (χ3v) is 4.58. The maximum atomic E-state index is 12.8. The number of nitrogens with zero attached hydrogens (tertiary/aromatic N) is 1. The third-order valence-electron chi connectivity index (χ3n) is 4.58. The molecule has 0 radical (unpaired) electrons. The van der Waals surface area contributed by atoms with E-state index in [1.165, 1.54) is 12.8 Å². The number of benzene rings is 1. The zero-order valence-electron chi connectivity index (χ0n) is 13.5. The molecule has 1 fully saturated rings. The Labute approximate surface area is 128 Å². The first-order valence-electron chi connectivity index (χ1n) is 8.12. The van der Waals surface area contributed by atoms with Crippen molar-refractivity contribution in [2.45, 2.75) is 59.0 Å². The van der Waals surface area contributed by atoms with Crippen LogP contribution in [0.25, 0.3) is 0 Å². The molecule has 0 heterocycles. The zero-order valence-corrected chi connectivity index (χ0v) is 13.5. The average Bonchev–Trinajstić information content (AvgIpc) is 2.44. The van der Waals surface area contributed by atoms with Gasteiger partial charge in [0.2, 0.25) is 5.91 Å². The normalized spacial score (nSPS) is 22.3. The van der Waals surface area contributed by atoms with E-state index in [1.807, 2.05) is 29.2 Å². The van der Waals surface area contributed by atoms with Crippen LogP contribution in [0.5, 0.6) is 0 Å². The summed E-state index contributed by atoms with van der Waals surface area (Å²) in [5.41, 5.74) is 7.71. The molecule has 0 aliphatic heterocycles. The van der Waals surface area contributed by atoms with Gasteiger partial charge in [0, 0.05) is 24.2 Å². The summed E-state index contributed by atoms with van der Waals surface area (Å²) in [5.74, 6) is 1.31. The number of nitrogen functional groups attached to an aromatic ring is 1. The Bertz CT molecular complexity index is 476. The molecule has 0 spiro atoms. The van der Waals surface area contributed by atoms with Gasteiger partial charge >= 0.3 is 0 Å². The minimum atomic E-state index is 0.213. The number of carbonyl (C=O) groups excluding carboxylic acids is 1. The highest BCUT2D eigenvalue weighted by atomic mass is 16.2. The average molecular weight is 288 g/mol. The van der Waals surface area contributed by atoms with Crippen LogP contribution in [0.2, 0.25) is 0 Å². The molecule has 0 saturated heterocycles. The van der Waals surface area contributed by atoms with Crippen LogP contribution in [0.15, 0.2) is 24.3 Å². The first kappa shape index (κ1) is 15.9. The Kier molecular flexibility index (Phi) is 5.27. The Morgan fingerprint density at radius 1 is 1.29 bits per heavy atom. The van der Waals surface area contributed by atoms with Crippen molar-refractivity contribution < 1.29 is 4.79 Å². The van der Waals surface area contributed by atoms with Crippen LogP contribution in [0.1, 0.15) is 52.0 Å². The number of hydrogen-bond acceptors (Lipinski definition) is 2. The molecule has 1 aliphatic rings. The highest BCUT2D eigenvalue weighted by molar-refractivity contribution is 5.79. The number of nitrogens with two attached hydrogens (primary N) is 1. The van der Waals surface area contributed by atoms with Crippen LogP contribution >= 0.6 is 0 Å². The summed E-state index contributed by atoms with van der Waals surface area (Å²) in [7, 11) is 0. The molecule has 2 rings (SSSR count). The molecule has 1 aliphatic carbocycles. The summed E-state index contributed by atoms with van der Waals surface area (Å²) in [6, 6.07) is 8.06. The Morgan fingerprint density at radius 2 is 1.95 bits per heavy atom. The largest absolute Gasteiger partial charge is 0.399 e. The first-order chi connectivity index (χ1) is 9.97. The summed E-state index contributed by atoms with van der Waals surface area (Å²) < 4.78 is 0. The quantitative estimate of drug-likeness (QED) is 0.856. The number of anilines is 1. The van der Waals surface area contributed by atoms with Crippen molar-refractivity contribution in [2.75, 3.05) is 5.73 Å². The van der Waals surface area contributed by atoms with Crippen LogP contribution < -0.4 is 5.73 Å². The smallest absolute Gasteiger partial charge is 0.226 e. The Hall–Kier alpha value is -1.51. The van der Waals surface area contributed by atoms with Crippen LogP contribution in [0, 0.1) is 11.8 Å². The molecule has 116 valence electrons. The van der Waals surface area contributed by atoms with E-state index in [-0.39, 0.29) is 12.0 Å². The van der Waals surface area contributed by atoms with E-state index < -0.39 is 0 Å². The van der Waals surface area contributed by atoms with E-state index in [2.05, 4.69) is 20.8 Å². The summed E-state index contributed by atoms with van der Waals surface area (Å²) in [4.78, 5) is 14.8. The number of amides is 1. The topological polar surface area (TPSA) is 46.3 Å². The van der Waals surface area contributed by atoms with Crippen molar-refractivity contribution in [3.8, 4) is 0 Å². The number of hydrogen-bond donors (Lipinski definition) is 1. The van der Waals surface area contributed by atoms with E-state index in [0.29, 0.717) is 12.5 Å². The van der Waals surface area contributed by atoms with Crippen LogP contribution in [0.4, 0.5) is 5.69 Å². The lowest BCUT2D eigenvalue weighted by Crippen LogP contribution is -2.41. The highest BCUT2D eigenvalue weighted by Crippen LogP contribution is 2.30. The molecule has 3 nitrogen and oxygen atoms in total. The van der Waals surface area contributed by atoms with Gasteiger partial charge in [-0.3, -0.25) is 4.79 Å². The van der Waals surface area contributed by atoms with Gasteiger partial charge in [-0.25, -0.2) is 0 Å². The fourth-order valence-electron chi connectivity index (χ4n) is 3.14. The van der Waals surface area contributed by atoms with Gasteiger partial charge in [0.1, 0.15) is 0 Å². The molecule has 1 aromatic carbocycles. The molecular formula is C18H28N2O. The van der Waals surface area contributed by atoms with Crippen molar-refractivity contribution in [2.24, 2.45) is 11.8 Å². The van der Waals surface area contributed by atoms with Gasteiger partial charge in [-0.1, -0.05) is 19.1 Å². The molecule has 0 unspecified atom stereocenters. The summed E-state index contributed by atoms with van der Waals surface area (Å²) >= 11 is 0. The third kappa shape index (κ3) is 4.23. The molecule has 0 atom stereocenters. The Balaban J connectivity index is 2.06. The minimum absolute atomic E-state index is 0.213. The maximum absolute atomic E-state index is 12.8. The molecule has 1 amide bonds. The van der Waals surface area contributed by atoms with Gasteiger partial charge < -0.3 is 10.6 Å². The fraction of sp³-hybridized carbons (Fsp3) is 0.611. The van der Waals surface area contributed by atoms with Crippen molar-refractivity contribution in [3.05, 3.63) is 29.8 Å². The SMILES string of the molecule is CC1CCC(C(=O)N(Cc2cccc(N)c2)C(C)C)CC1. The second kappa shape index (κ2) is 6.97. The fourth-order valence-corrected chi connectivity index (χ4v) is 3.14. The van der Waals surface area contributed by atoms with Gasteiger partial charge in [-0.2, -0.15) is 0 Å². The minimum Gasteiger partial charge on any atom is -0.399 e. The van der Waals surface area contributed by atoms with E-state index in [0.717, 1.165) is 30.0 Å². The van der Waals surface area contributed by atoms with Crippen molar-refractivity contribution in [1.29, 1.82) is 0 Å². The van der Waals surface area contributed by atoms with Crippen molar-refractivity contribution in [1.82, 2.24) is 4.90 Å².